The van der Waals surface area contributed by atoms with Crippen molar-refractivity contribution < 1.29 is 13.9 Å². The summed E-state index contributed by atoms with van der Waals surface area (Å²) >= 11 is 11.8. The maximum absolute atomic E-state index is 14.0. The first-order valence-corrected chi connectivity index (χ1v) is 6.78. The van der Waals surface area contributed by atoms with Gasteiger partial charge in [-0.1, -0.05) is 35.3 Å². The zero-order valence-electron chi connectivity index (χ0n) is 11.1. The second kappa shape index (κ2) is 6.33. The number of hydrogen-bond donors (Lipinski definition) is 1. The van der Waals surface area contributed by atoms with Crippen LogP contribution in [0.2, 0.25) is 10.0 Å². The maximum Gasteiger partial charge on any atom is 0.168 e. The van der Waals surface area contributed by atoms with Crippen LogP contribution in [0.15, 0.2) is 30.3 Å². The molecule has 0 spiro atoms. The van der Waals surface area contributed by atoms with Gasteiger partial charge in [0.05, 0.1) is 22.8 Å². The van der Waals surface area contributed by atoms with E-state index in [1.807, 2.05) is 0 Å². The van der Waals surface area contributed by atoms with E-state index < -0.39 is 5.82 Å². The van der Waals surface area contributed by atoms with Crippen molar-refractivity contribution in [2.45, 2.75) is 6.42 Å². The van der Waals surface area contributed by atoms with E-state index in [1.165, 1.54) is 31.4 Å². The van der Waals surface area contributed by atoms with Gasteiger partial charge >= 0.3 is 0 Å². The number of methoxy groups -OCH3 is 1. The van der Waals surface area contributed by atoms with Crippen LogP contribution < -0.4 is 10.5 Å². The number of ketones is 1. The fourth-order valence-electron chi connectivity index (χ4n) is 1.87. The molecule has 2 N–H and O–H groups in total. The van der Waals surface area contributed by atoms with Gasteiger partial charge in [-0.25, -0.2) is 4.39 Å². The van der Waals surface area contributed by atoms with Crippen molar-refractivity contribution in [2.75, 3.05) is 12.8 Å². The molecule has 0 amide bonds. The predicted octanol–water partition coefficient (Wildman–Crippen LogP) is 4.15. The Morgan fingerprint density at radius 3 is 2.48 bits per heavy atom. The number of halogens is 3. The first-order valence-electron chi connectivity index (χ1n) is 6.03. The molecular weight excluding hydrogens is 316 g/mol. The summed E-state index contributed by atoms with van der Waals surface area (Å²) in [5.41, 5.74) is 6.34. The zero-order chi connectivity index (χ0) is 15.6. The molecule has 0 heterocycles. The van der Waals surface area contributed by atoms with E-state index in [0.717, 1.165) is 0 Å². The van der Waals surface area contributed by atoms with Gasteiger partial charge in [0.15, 0.2) is 17.3 Å². The number of Topliss-reactive ketones (excluding diaryl/α,β-unsaturated/α-hetero) is 1. The summed E-state index contributed by atoms with van der Waals surface area (Å²) in [4.78, 5) is 12.2. The molecule has 0 atom stereocenters. The fourth-order valence-corrected chi connectivity index (χ4v) is 2.36. The SMILES string of the molecule is COc1cccc(CC(=O)c2cc(Cl)c(N)c(Cl)c2)c1F. The lowest BCUT2D eigenvalue weighted by molar-refractivity contribution is 0.0991. The smallest absolute Gasteiger partial charge is 0.168 e. The number of ether oxygens (including phenoxy) is 1. The summed E-state index contributed by atoms with van der Waals surface area (Å²) in [6.45, 7) is 0. The van der Waals surface area contributed by atoms with Crippen molar-refractivity contribution >= 4 is 34.7 Å². The Morgan fingerprint density at radius 2 is 1.90 bits per heavy atom. The van der Waals surface area contributed by atoms with Crippen molar-refractivity contribution in [3.63, 3.8) is 0 Å². The average molecular weight is 328 g/mol. The van der Waals surface area contributed by atoms with E-state index in [1.54, 1.807) is 6.07 Å². The molecule has 110 valence electrons. The lowest BCUT2D eigenvalue weighted by atomic mass is 10.0. The molecule has 2 rings (SSSR count). The highest BCUT2D eigenvalue weighted by molar-refractivity contribution is 6.39. The standard InChI is InChI=1S/C15H12Cl2FNO2/c1-21-13-4-2-3-8(14(13)18)7-12(20)9-5-10(16)15(19)11(17)6-9/h2-6H,7,19H2,1H3. The molecular formula is C15H12Cl2FNO2. The third kappa shape index (κ3) is 3.28. The summed E-state index contributed by atoms with van der Waals surface area (Å²) in [5.74, 6) is -0.777. The molecule has 0 unspecified atom stereocenters. The molecule has 0 fully saturated rings. The van der Waals surface area contributed by atoms with Gasteiger partial charge in [-0.15, -0.1) is 0 Å². The van der Waals surface area contributed by atoms with Crippen molar-refractivity contribution in [3.05, 3.63) is 57.3 Å². The highest BCUT2D eigenvalue weighted by Gasteiger charge is 2.15. The molecule has 2 aromatic rings. The molecule has 3 nitrogen and oxygen atoms in total. The number of rotatable bonds is 4. The van der Waals surface area contributed by atoms with Crippen LogP contribution in [0.4, 0.5) is 10.1 Å². The van der Waals surface area contributed by atoms with Crippen molar-refractivity contribution in [1.29, 1.82) is 0 Å². The molecule has 0 saturated heterocycles. The zero-order valence-corrected chi connectivity index (χ0v) is 12.6. The van der Waals surface area contributed by atoms with Crippen LogP contribution in [-0.4, -0.2) is 12.9 Å². The summed E-state index contributed by atoms with van der Waals surface area (Å²) in [5, 5.41) is 0.383. The first kappa shape index (κ1) is 15.6. The second-order valence-corrected chi connectivity index (χ2v) is 5.20. The minimum Gasteiger partial charge on any atom is -0.494 e. The average Bonchev–Trinajstić information content (AvgIpc) is 2.46. The van der Waals surface area contributed by atoms with Crippen molar-refractivity contribution in [1.82, 2.24) is 0 Å². The number of benzene rings is 2. The van der Waals surface area contributed by atoms with Crippen LogP contribution in [0.1, 0.15) is 15.9 Å². The monoisotopic (exact) mass is 327 g/mol. The minimum atomic E-state index is -0.555. The van der Waals surface area contributed by atoms with Gasteiger partial charge in [0.1, 0.15) is 0 Å². The van der Waals surface area contributed by atoms with Crippen molar-refractivity contribution in [2.24, 2.45) is 0 Å². The van der Waals surface area contributed by atoms with Crippen LogP contribution in [0.25, 0.3) is 0 Å². The maximum atomic E-state index is 14.0. The molecule has 2 aromatic carbocycles. The van der Waals surface area contributed by atoms with Gasteiger partial charge in [-0.3, -0.25) is 4.79 Å². The van der Waals surface area contributed by atoms with Gasteiger partial charge in [-0.2, -0.15) is 0 Å². The highest BCUT2D eigenvalue weighted by atomic mass is 35.5. The quantitative estimate of drug-likeness (QED) is 0.678. The molecule has 21 heavy (non-hydrogen) atoms. The Labute approximate surface area is 131 Å². The Balaban J connectivity index is 2.30. The second-order valence-electron chi connectivity index (χ2n) is 4.39. The molecule has 0 aliphatic carbocycles. The topological polar surface area (TPSA) is 52.3 Å². The van der Waals surface area contributed by atoms with Gasteiger partial charge < -0.3 is 10.5 Å². The third-order valence-corrected chi connectivity index (χ3v) is 3.64. The molecule has 0 aliphatic rings. The van der Waals surface area contributed by atoms with E-state index in [4.69, 9.17) is 33.7 Å². The Morgan fingerprint density at radius 1 is 1.29 bits per heavy atom. The summed E-state index contributed by atoms with van der Waals surface area (Å²) in [6.07, 6.45) is -0.125. The van der Waals surface area contributed by atoms with E-state index in [2.05, 4.69) is 0 Å². The number of nitrogen functional groups attached to an aromatic ring is 1. The summed E-state index contributed by atoms with van der Waals surface area (Å²) < 4.78 is 18.9. The Hall–Kier alpha value is -1.78. The van der Waals surface area contributed by atoms with Crippen LogP contribution in [0.5, 0.6) is 5.75 Å². The van der Waals surface area contributed by atoms with Crippen LogP contribution in [-0.2, 0) is 6.42 Å². The molecule has 0 bridgehead atoms. The Kier molecular flexibility index (Phi) is 4.70. The molecule has 0 aromatic heterocycles. The first-order chi connectivity index (χ1) is 9.93. The minimum absolute atomic E-state index is 0.0914. The molecule has 6 heteroatoms. The van der Waals surface area contributed by atoms with Gasteiger partial charge in [0, 0.05) is 12.0 Å². The number of anilines is 1. The molecule has 0 radical (unpaired) electrons. The van der Waals surface area contributed by atoms with E-state index in [0.29, 0.717) is 0 Å². The Bertz CT molecular complexity index is 681. The van der Waals surface area contributed by atoms with Gasteiger partial charge in [-0.05, 0) is 23.8 Å². The fraction of sp³-hybridized carbons (Fsp3) is 0.133. The largest absolute Gasteiger partial charge is 0.494 e. The number of hydrogen-bond acceptors (Lipinski definition) is 3. The normalized spacial score (nSPS) is 10.5. The number of carbonyl (C=O) groups excluding carboxylic acids is 1. The van der Waals surface area contributed by atoms with Crippen LogP contribution in [0.3, 0.4) is 0 Å². The van der Waals surface area contributed by atoms with Gasteiger partial charge in [0.25, 0.3) is 0 Å². The lowest BCUT2D eigenvalue weighted by Gasteiger charge is -2.08. The summed E-state index contributed by atoms with van der Waals surface area (Å²) in [6, 6.07) is 7.47. The number of carbonyl (C=O) groups is 1. The van der Waals surface area contributed by atoms with E-state index in [-0.39, 0.29) is 44.8 Å². The lowest BCUT2D eigenvalue weighted by Crippen LogP contribution is -2.07. The van der Waals surface area contributed by atoms with E-state index in [9.17, 15) is 9.18 Å². The molecule has 0 aliphatic heterocycles. The third-order valence-electron chi connectivity index (χ3n) is 3.02. The number of nitrogens with two attached hydrogens (primary N) is 1. The van der Waals surface area contributed by atoms with Gasteiger partial charge in [0.2, 0.25) is 0 Å². The van der Waals surface area contributed by atoms with Crippen LogP contribution >= 0.6 is 23.2 Å². The highest BCUT2D eigenvalue weighted by Crippen LogP contribution is 2.29. The summed E-state index contributed by atoms with van der Waals surface area (Å²) in [7, 11) is 1.36. The van der Waals surface area contributed by atoms with Crippen molar-refractivity contribution in [3.8, 4) is 5.75 Å². The molecule has 0 saturated carbocycles. The predicted molar refractivity (Wildman–Crippen MR) is 81.9 cm³/mol. The van der Waals surface area contributed by atoms with Crippen LogP contribution in [0, 0.1) is 5.82 Å². The van der Waals surface area contributed by atoms with E-state index >= 15 is 0 Å².